The van der Waals surface area contributed by atoms with Gasteiger partial charge in [0, 0.05) is 25.3 Å². The lowest BCUT2D eigenvalue weighted by Crippen LogP contribution is -2.30. The van der Waals surface area contributed by atoms with Crippen LogP contribution in [-0.2, 0) is 16.0 Å². The molecule has 6 heteroatoms. The number of amides is 1. The second-order valence-electron chi connectivity index (χ2n) is 5.00. The van der Waals surface area contributed by atoms with Crippen LogP contribution in [-0.4, -0.2) is 24.5 Å². The van der Waals surface area contributed by atoms with Crippen molar-refractivity contribution in [2.75, 3.05) is 13.7 Å². The molecule has 2 rings (SSSR count). The molecule has 0 aliphatic rings. The Morgan fingerprint density at radius 2 is 1.83 bits per heavy atom. The maximum Gasteiger partial charge on any atom is 0.273 e. The summed E-state index contributed by atoms with van der Waals surface area (Å²) in [5, 5.41) is 13.7. The van der Waals surface area contributed by atoms with Crippen LogP contribution in [0, 0.1) is 10.1 Å². The SMILES string of the molecule is COC(CNC(=O)Cc1ccccc1[N+](=O)[O-])c1ccccc1. The predicted molar refractivity (Wildman–Crippen MR) is 86.0 cm³/mol. The highest BCUT2D eigenvalue weighted by atomic mass is 16.6. The Labute approximate surface area is 134 Å². The van der Waals surface area contributed by atoms with Crippen molar-refractivity contribution in [3.05, 3.63) is 75.8 Å². The Hall–Kier alpha value is -2.73. The molecule has 0 aromatic heterocycles. The molecular formula is C17H18N2O4. The van der Waals surface area contributed by atoms with Crippen molar-refractivity contribution < 1.29 is 14.5 Å². The first-order chi connectivity index (χ1) is 11.1. The summed E-state index contributed by atoms with van der Waals surface area (Å²) in [5.74, 6) is -0.280. The van der Waals surface area contributed by atoms with Crippen LogP contribution in [0.25, 0.3) is 0 Å². The normalized spacial score (nSPS) is 11.7. The Morgan fingerprint density at radius 3 is 2.48 bits per heavy atom. The summed E-state index contributed by atoms with van der Waals surface area (Å²) >= 11 is 0. The smallest absolute Gasteiger partial charge is 0.273 e. The van der Waals surface area contributed by atoms with Gasteiger partial charge < -0.3 is 10.1 Å². The maximum atomic E-state index is 12.0. The van der Waals surface area contributed by atoms with E-state index in [1.807, 2.05) is 30.3 Å². The van der Waals surface area contributed by atoms with E-state index in [1.165, 1.54) is 6.07 Å². The van der Waals surface area contributed by atoms with Crippen LogP contribution in [0.1, 0.15) is 17.2 Å². The minimum atomic E-state index is -0.482. The maximum absolute atomic E-state index is 12.0. The molecule has 1 unspecified atom stereocenters. The number of carbonyl (C=O) groups excluding carboxylic acids is 1. The van der Waals surface area contributed by atoms with E-state index >= 15 is 0 Å². The summed E-state index contributed by atoms with van der Waals surface area (Å²) in [6, 6.07) is 15.8. The van der Waals surface area contributed by atoms with E-state index in [4.69, 9.17) is 4.74 Å². The molecule has 120 valence electrons. The molecule has 0 heterocycles. The molecule has 0 radical (unpaired) electrons. The number of hydrogen-bond acceptors (Lipinski definition) is 4. The van der Waals surface area contributed by atoms with Gasteiger partial charge in [-0.1, -0.05) is 48.5 Å². The fourth-order valence-corrected chi connectivity index (χ4v) is 2.29. The zero-order chi connectivity index (χ0) is 16.7. The van der Waals surface area contributed by atoms with Gasteiger partial charge in [0.25, 0.3) is 5.69 Å². The number of para-hydroxylation sites is 1. The van der Waals surface area contributed by atoms with E-state index in [0.717, 1.165) is 5.56 Å². The third-order valence-corrected chi connectivity index (χ3v) is 3.48. The summed E-state index contributed by atoms with van der Waals surface area (Å²) in [6.07, 6.45) is -0.298. The molecule has 0 saturated carbocycles. The van der Waals surface area contributed by atoms with E-state index in [1.54, 1.807) is 25.3 Å². The number of benzene rings is 2. The molecular weight excluding hydrogens is 296 g/mol. The van der Waals surface area contributed by atoms with Crippen LogP contribution >= 0.6 is 0 Å². The molecule has 0 aliphatic carbocycles. The van der Waals surface area contributed by atoms with E-state index in [9.17, 15) is 14.9 Å². The number of carbonyl (C=O) groups is 1. The standard InChI is InChI=1S/C17H18N2O4/c1-23-16(13-7-3-2-4-8-13)12-18-17(20)11-14-9-5-6-10-15(14)19(21)22/h2-10,16H,11-12H2,1H3,(H,18,20). The average Bonchev–Trinajstić information content (AvgIpc) is 2.56. The van der Waals surface area contributed by atoms with Gasteiger partial charge >= 0.3 is 0 Å². The van der Waals surface area contributed by atoms with Crippen LogP contribution in [0.3, 0.4) is 0 Å². The van der Waals surface area contributed by atoms with Gasteiger partial charge in [-0.3, -0.25) is 14.9 Å². The van der Waals surface area contributed by atoms with Gasteiger partial charge in [-0.05, 0) is 5.56 Å². The highest BCUT2D eigenvalue weighted by molar-refractivity contribution is 5.79. The van der Waals surface area contributed by atoms with E-state index in [-0.39, 0.29) is 24.1 Å². The van der Waals surface area contributed by atoms with Crippen molar-refractivity contribution in [3.63, 3.8) is 0 Å². The summed E-state index contributed by atoms with van der Waals surface area (Å²) in [5.41, 5.74) is 1.30. The van der Waals surface area contributed by atoms with E-state index < -0.39 is 4.92 Å². The first kappa shape index (κ1) is 16.6. The fraction of sp³-hybridized carbons (Fsp3) is 0.235. The molecule has 6 nitrogen and oxygen atoms in total. The van der Waals surface area contributed by atoms with Crippen LogP contribution in [0.2, 0.25) is 0 Å². The van der Waals surface area contributed by atoms with Gasteiger partial charge in [-0.25, -0.2) is 0 Å². The topological polar surface area (TPSA) is 81.5 Å². The van der Waals surface area contributed by atoms with Crippen molar-refractivity contribution in [1.29, 1.82) is 0 Å². The zero-order valence-electron chi connectivity index (χ0n) is 12.8. The van der Waals surface area contributed by atoms with Crippen molar-refractivity contribution in [1.82, 2.24) is 5.32 Å². The number of nitrogens with zero attached hydrogens (tertiary/aromatic N) is 1. The van der Waals surface area contributed by atoms with Gasteiger partial charge in [0.05, 0.1) is 17.4 Å². The number of nitro benzene ring substituents is 1. The number of methoxy groups -OCH3 is 1. The molecule has 23 heavy (non-hydrogen) atoms. The monoisotopic (exact) mass is 314 g/mol. The van der Waals surface area contributed by atoms with Gasteiger partial charge in [-0.2, -0.15) is 0 Å². The van der Waals surface area contributed by atoms with Gasteiger partial charge in [0.2, 0.25) is 5.91 Å². The minimum absolute atomic E-state index is 0.0393. The summed E-state index contributed by atoms with van der Waals surface area (Å²) in [4.78, 5) is 22.5. The lowest BCUT2D eigenvalue weighted by Gasteiger charge is -2.16. The summed E-state index contributed by atoms with van der Waals surface area (Å²) in [7, 11) is 1.58. The average molecular weight is 314 g/mol. The molecule has 0 bridgehead atoms. The Bertz CT molecular complexity index is 673. The highest BCUT2D eigenvalue weighted by Crippen LogP contribution is 2.18. The predicted octanol–water partition coefficient (Wildman–Crippen LogP) is 2.64. The molecule has 0 fully saturated rings. The molecule has 0 spiro atoms. The second-order valence-corrected chi connectivity index (χ2v) is 5.00. The molecule has 0 aliphatic heterocycles. The quantitative estimate of drug-likeness (QED) is 0.629. The van der Waals surface area contributed by atoms with Crippen molar-refractivity contribution in [2.45, 2.75) is 12.5 Å². The Balaban J connectivity index is 1.96. The van der Waals surface area contributed by atoms with Crippen LogP contribution < -0.4 is 5.32 Å². The number of hydrogen-bond donors (Lipinski definition) is 1. The zero-order valence-corrected chi connectivity index (χ0v) is 12.8. The highest BCUT2D eigenvalue weighted by Gasteiger charge is 2.17. The molecule has 2 aromatic carbocycles. The van der Waals surface area contributed by atoms with Crippen LogP contribution in [0.5, 0.6) is 0 Å². The largest absolute Gasteiger partial charge is 0.375 e. The van der Waals surface area contributed by atoms with Gasteiger partial charge in [0.1, 0.15) is 0 Å². The first-order valence-electron chi connectivity index (χ1n) is 7.18. The van der Waals surface area contributed by atoms with E-state index in [2.05, 4.69) is 5.32 Å². The molecule has 1 amide bonds. The van der Waals surface area contributed by atoms with Crippen LogP contribution in [0.4, 0.5) is 5.69 Å². The van der Waals surface area contributed by atoms with Crippen molar-refractivity contribution >= 4 is 11.6 Å². The number of nitro groups is 1. The lowest BCUT2D eigenvalue weighted by molar-refractivity contribution is -0.385. The second kappa shape index (κ2) is 8.05. The van der Waals surface area contributed by atoms with Crippen molar-refractivity contribution in [2.24, 2.45) is 0 Å². The number of nitrogens with one attached hydrogen (secondary N) is 1. The molecule has 1 atom stereocenters. The molecule has 0 saturated heterocycles. The number of ether oxygens (including phenoxy) is 1. The number of rotatable bonds is 7. The van der Waals surface area contributed by atoms with Crippen molar-refractivity contribution in [3.8, 4) is 0 Å². The lowest BCUT2D eigenvalue weighted by atomic mass is 10.1. The molecule has 2 aromatic rings. The van der Waals surface area contributed by atoms with Gasteiger partial charge in [0.15, 0.2) is 0 Å². The molecule has 1 N–H and O–H groups in total. The van der Waals surface area contributed by atoms with E-state index in [0.29, 0.717) is 12.1 Å². The Kier molecular flexibility index (Phi) is 5.82. The first-order valence-corrected chi connectivity index (χ1v) is 7.18. The summed E-state index contributed by atoms with van der Waals surface area (Å²) in [6.45, 7) is 0.306. The third kappa shape index (κ3) is 4.62. The fourth-order valence-electron chi connectivity index (χ4n) is 2.29. The summed E-state index contributed by atoms with van der Waals surface area (Å²) < 4.78 is 5.38. The van der Waals surface area contributed by atoms with Crippen LogP contribution in [0.15, 0.2) is 54.6 Å². The van der Waals surface area contributed by atoms with Gasteiger partial charge in [-0.15, -0.1) is 0 Å². The third-order valence-electron chi connectivity index (χ3n) is 3.48. The minimum Gasteiger partial charge on any atom is -0.375 e. The Morgan fingerprint density at radius 1 is 1.17 bits per heavy atom.